The number of nitrogens with zero attached hydrogens (tertiary/aromatic N) is 2. The minimum absolute atomic E-state index is 0.264. The molecule has 3 aromatic rings. The lowest BCUT2D eigenvalue weighted by Gasteiger charge is -2.00. The first-order valence-electron chi connectivity index (χ1n) is 7.21. The van der Waals surface area contributed by atoms with Crippen LogP contribution in [0.4, 0.5) is 5.69 Å². The number of hydrogen-bond donors (Lipinski definition) is 1. The molecular weight excluding hydrogens is 419 g/mol. The van der Waals surface area contributed by atoms with E-state index in [2.05, 4.69) is 32.6 Å². The smallest absolute Gasteiger partial charge is 0.312 e. The maximum Gasteiger partial charge on any atom is 0.312 e. The molecule has 1 aromatic heterocycles. The van der Waals surface area contributed by atoms with E-state index < -0.39 is 0 Å². The second-order valence-electron chi connectivity index (χ2n) is 5.13. The van der Waals surface area contributed by atoms with Gasteiger partial charge in [-0.15, -0.1) is 0 Å². The number of rotatable bonds is 4. The molecule has 3 rings (SSSR count). The van der Waals surface area contributed by atoms with E-state index in [1.165, 1.54) is 6.21 Å². The number of benzene rings is 2. The number of aromatic hydroxyl groups is 1. The first kappa shape index (κ1) is 16.5. The highest BCUT2D eigenvalue weighted by atomic mass is 127. The Kier molecular flexibility index (Phi) is 4.84. The molecule has 6 heteroatoms. The number of oxazole rings is 1. The molecule has 0 atom stereocenters. The van der Waals surface area contributed by atoms with Crippen LogP contribution in [0.3, 0.4) is 0 Å². The number of aryl methyl sites for hydroxylation is 1. The molecule has 0 amide bonds. The number of methoxy groups -OCH3 is 1. The van der Waals surface area contributed by atoms with Gasteiger partial charge in [-0.25, -0.2) is 4.98 Å². The molecule has 0 fully saturated rings. The Morgan fingerprint density at radius 3 is 2.83 bits per heavy atom. The van der Waals surface area contributed by atoms with Crippen LogP contribution in [0.15, 0.2) is 51.9 Å². The van der Waals surface area contributed by atoms with Crippen molar-refractivity contribution in [3.63, 3.8) is 0 Å². The Bertz CT molecular complexity index is 903. The Hall–Kier alpha value is -2.35. The lowest BCUT2D eigenvalue weighted by Crippen LogP contribution is -1.85. The number of aliphatic imine (C=N–C) groups is 1. The average Bonchev–Trinajstić information content (AvgIpc) is 2.95. The third-order valence-electron chi connectivity index (χ3n) is 3.44. The van der Waals surface area contributed by atoms with E-state index in [0.29, 0.717) is 11.6 Å². The molecule has 2 aromatic carbocycles. The van der Waals surface area contributed by atoms with Crippen molar-refractivity contribution in [1.82, 2.24) is 4.98 Å². The molecule has 0 saturated heterocycles. The summed E-state index contributed by atoms with van der Waals surface area (Å²) >= 11 is 2.25. The molecule has 0 aliphatic heterocycles. The van der Waals surface area contributed by atoms with Gasteiger partial charge in [-0.05, 0) is 71.5 Å². The molecule has 122 valence electrons. The Balaban J connectivity index is 1.90. The van der Waals surface area contributed by atoms with Gasteiger partial charge >= 0.3 is 5.95 Å². The van der Waals surface area contributed by atoms with Crippen molar-refractivity contribution in [3.05, 3.63) is 57.3 Å². The van der Waals surface area contributed by atoms with Crippen LogP contribution in [-0.2, 0) is 0 Å². The van der Waals surface area contributed by atoms with E-state index in [1.54, 1.807) is 13.2 Å². The van der Waals surface area contributed by atoms with Crippen molar-refractivity contribution in [3.8, 4) is 23.1 Å². The van der Waals surface area contributed by atoms with Crippen molar-refractivity contribution in [1.29, 1.82) is 0 Å². The van der Waals surface area contributed by atoms with Crippen LogP contribution in [0.5, 0.6) is 11.7 Å². The summed E-state index contributed by atoms with van der Waals surface area (Å²) in [5.41, 5.74) is 2.87. The first-order valence-corrected chi connectivity index (χ1v) is 8.29. The first-order chi connectivity index (χ1) is 11.6. The van der Waals surface area contributed by atoms with Crippen LogP contribution < -0.4 is 4.74 Å². The van der Waals surface area contributed by atoms with Gasteiger partial charge in [0.15, 0.2) is 5.69 Å². The number of ether oxygens (including phenoxy) is 1. The fourth-order valence-corrected chi connectivity index (χ4v) is 2.83. The standard InChI is InChI=1S/C18H15IN2O3/c1-11-8-13(19)6-7-15(11)20-10-16-18(22)24-17(21-16)12-4-3-5-14(9-12)23-2/h3-10,22H,1-2H3. The van der Waals surface area contributed by atoms with Crippen LogP contribution in [0, 0.1) is 10.5 Å². The van der Waals surface area contributed by atoms with Crippen LogP contribution in [-0.4, -0.2) is 23.4 Å². The summed E-state index contributed by atoms with van der Waals surface area (Å²) in [6.45, 7) is 1.99. The quantitative estimate of drug-likeness (QED) is 0.477. The summed E-state index contributed by atoms with van der Waals surface area (Å²) in [5, 5.41) is 9.96. The average molecular weight is 434 g/mol. The largest absolute Gasteiger partial charge is 0.497 e. The van der Waals surface area contributed by atoms with Gasteiger partial charge in [0.25, 0.3) is 0 Å². The second-order valence-corrected chi connectivity index (χ2v) is 6.38. The fourth-order valence-electron chi connectivity index (χ4n) is 2.18. The molecule has 5 nitrogen and oxygen atoms in total. The number of hydrogen-bond acceptors (Lipinski definition) is 5. The van der Waals surface area contributed by atoms with Crippen molar-refractivity contribution < 1.29 is 14.3 Å². The molecule has 0 unspecified atom stereocenters. The van der Waals surface area contributed by atoms with Gasteiger partial charge in [-0.3, -0.25) is 4.99 Å². The topological polar surface area (TPSA) is 67.9 Å². The molecule has 1 heterocycles. The summed E-state index contributed by atoms with van der Waals surface area (Å²) in [7, 11) is 1.59. The molecule has 0 radical (unpaired) electrons. The number of aromatic nitrogens is 1. The van der Waals surface area contributed by atoms with E-state index in [9.17, 15) is 5.11 Å². The van der Waals surface area contributed by atoms with Crippen molar-refractivity contribution >= 4 is 34.5 Å². The number of halogens is 1. The van der Waals surface area contributed by atoms with Crippen LogP contribution in [0.25, 0.3) is 11.5 Å². The summed E-state index contributed by atoms with van der Waals surface area (Å²) in [6.07, 6.45) is 1.50. The highest BCUT2D eigenvalue weighted by Gasteiger charge is 2.13. The van der Waals surface area contributed by atoms with Gasteiger partial charge in [-0.1, -0.05) is 6.07 Å². The van der Waals surface area contributed by atoms with E-state index >= 15 is 0 Å². The van der Waals surface area contributed by atoms with Gasteiger partial charge < -0.3 is 14.3 Å². The zero-order chi connectivity index (χ0) is 17.1. The van der Waals surface area contributed by atoms with Crippen molar-refractivity contribution in [2.24, 2.45) is 4.99 Å². The molecule has 24 heavy (non-hydrogen) atoms. The van der Waals surface area contributed by atoms with E-state index in [-0.39, 0.29) is 11.6 Å². The van der Waals surface area contributed by atoms with E-state index in [1.807, 2.05) is 43.3 Å². The zero-order valence-electron chi connectivity index (χ0n) is 13.2. The third-order valence-corrected chi connectivity index (χ3v) is 4.11. The molecule has 0 aliphatic rings. The fraction of sp³-hybridized carbons (Fsp3) is 0.111. The molecule has 1 N–H and O–H groups in total. The van der Waals surface area contributed by atoms with Gasteiger partial charge in [0.05, 0.1) is 19.0 Å². The highest BCUT2D eigenvalue weighted by molar-refractivity contribution is 14.1. The van der Waals surface area contributed by atoms with Crippen molar-refractivity contribution in [2.75, 3.05) is 7.11 Å². The second kappa shape index (κ2) is 7.04. The summed E-state index contributed by atoms with van der Waals surface area (Å²) in [5.74, 6) is 0.738. The lowest BCUT2D eigenvalue weighted by molar-refractivity contribution is 0.336. The maximum absolute atomic E-state index is 9.96. The van der Waals surface area contributed by atoms with Crippen LogP contribution >= 0.6 is 22.6 Å². The Labute approximate surface area is 153 Å². The monoisotopic (exact) mass is 434 g/mol. The maximum atomic E-state index is 9.96. The molecule has 0 aliphatic carbocycles. The van der Waals surface area contributed by atoms with Crippen molar-refractivity contribution in [2.45, 2.75) is 6.92 Å². The van der Waals surface area contributed by atoms with Gasteiger partial charge in [0.1, 0.15) is 5.75 Å². The minimum Gasteiger partial charge on any atom is -0.497 e. The third kappa shape index (κ3) is 3.59. The van der Waals surface area contributed by atoms with Gasteiger partial charge in [0.2, 0.25) is 5.89 Å². The molecule has 0 spiro atoms. The minimum atomic E-state index is -0.264. The van der Waals surface area contributed by atoms with Gasteiger partial charge in [-0.2, -0.15) is 0 Å². The summed E-state index contributed by atoms with van der Waals surface area (Å²) in [4.78, 5) is 8.68. The summed E-state index contributed by atoms with van der Waals surface area (Å²) in [6, 6.07) is 13.2. The predicted molar refractivity (Wildman–Crippen MR) is 101 cm³/mol. The van der Waals surface area contributed by atoms with Gasteiger partial charge in [0, 0.05) is 9.13 Å². The molecule has 0 bridgehead atoms. The normalized spacial score (nSPS) is 11.1. The molecule has 0 saturated carbocycles. The van der Waals surface area contributed by atoms with Crippen LogP contribution in [0.2, 0.25) is 0 Å². The zero-order valence-corrected chi connectivity index (χ0v) is 15.3. The SMILES string of the molecule is COc1cccc(-c2nc(C=Nc3ccc(I)cc3C)c(O)o2)c1. The highest BCUT2D eigenvalue weighted by Crippen LogP contribution is 2.28. The Morgan fingerprint density at radius 1 is 1.25 bits per heavy atom. The van der Waals surface area contributed by atoms with E-state index in [0.717, 1.165) is 20.4 Å². The lowest BCUT2D eigenvalue weighted by atomic mass is 10.2. The van der Waals surface area contributed by atoms with E-state index in [4.69, 9.17) is 9.15 Å². The van der Waals surface area contributed by atoms with Crippen LogP contribution in [0.1, 0.15) is 11.3 Å². The predicted octanol–water partition coefficient (Wildman–Crippen LogP) is 4.72. The molecular formula is C18H15IN2O3. The Morgan fingerprint density at radius 2 is 2.08 bits per heavy atom. The summed E-state index contributed by atoms with van der Waals surface area (Å²) < 4.78 is 11.7.